The van der Waals surface area contributed by atoms with E-state index < -0.39 is 0 Å². The van der Waals surface area contributed by atoms with E-state index in [1.807, 2.05) is 6.07 Å². The number of fused-ring (bicyclic) bond motifs is 1. The fourth-order valence-corrected chi connectivity index (χ4v) is 5.02. The molecule has 1 aliphatic rings. The molecule has 4 rings (SSSR count). The summed E-state index contributed by atoms with van der Waals surface area (Å²) in [6.07, 6.45) is 7.17. The number of methoxy groups -OCH3 is 2. The molecule has 34 heavy (non-hydrogen) atoms. The van der Waals surface area contributed by atoms with E-state index in [9.17, 15) is 9.59 Å². The van der Waals surface area contributed by atoms with Crippen molar-refractivity contribution in [3.05, 3.63) is 45.5 Å². The molecule has 0 unspecified atom stereocenters. The van der Waals surface area contributed by atoms with Crippen LogP contribution in [0.2, 0.25) is 0 Å². The molecule has 10 heteroatoms. The van der Waals surface area contributed by atoms with E-state index in [4.69, 9.17) is 14.0 Å². The monoisotopic (exact) mass is 484 g/mol. The zero-order valence-electron chi connectivity index (χ0n) is 19.3. The van der Waals surface area contributed by atoms with Gasteiger partial charge >= 0.3 is 0 Å². The maximum atomic E-state index is 12.5. The maximum absolute atomic E-state index is 12.5. The Morgan fingerprint density at radius 2 is 1.82 bits per heavy atom. The number of carbonyl (C=O) groups excluding carboxylic acids is 2. The summed E-state index contributed by atoms with van der Waals surface area (Å²) < 4.78 is 15.8. The van der Waals surface area contributed by atoms with E-state index >= 15 is 0 Å². The maximum Gasteiger partial charge on any atom is 0.279 e. The highest BCUT2D eigenvalue weighted by Crippen LogP contribution is 2.31. The first-order chi connectivity index (χ1) is 16.6. The Balaban J connectivity index is 1.27. The van der Waals surface area contributed by atoms with Gasteiger partial charge in [-0.3, -0.25) is 20.4 Å². The number of hydrazine groups is 1. The predicted octanol–water partition coefficient (Wildman–Crippen LogP) is 3.87. The molecule has 0 saturated carbocycles. The summed E-state index contributed by atoms with van der Waals surface area (Å²) in [4.78, 5) is 31.0. The van der Waals surface area contributed by atoms with Crippen LogP contribution in [0.15, 0.2) is 28.8 Å². The van der Waals surface area contributed by atoms with Crippen molar-refractivity contribution in [3.63, 3.8) is 0 Å². The Bertz CT molecular complexity index is 1130. The molecule has 2 amide bonds. The molecule has 1 aromatic carbocycles. The molecule has 0 fully saturated rings. The highest BCUT2D eigenvalue weighted by Gasteiger charge is 2.17. The molecule has 0 radical (unpaired) electrons. The molecule has 1 aliphatic carbocycles. The van der Waals surface area contributed by atoms with Gasteiger partial charge in [0.25, 0.3) is 5.91 Å². The Morgan fingerprint density at radius 3 is 2.62 bits per heavy atom. The number of aromatic nitrogens is 2. The number of rotatable bonds is 7. The van der Waals surface area contributed by atoms with Crippen LogP contribution < -0.4 is 20.3 Å². The summed E-state index contributed by atoms with van der Waals surface area (Å²) in [7, 11) is 3.11. The number of amides is 2. The summed E-state index contributed by atoms with van der Waals surface area (Å²) in [5.41, 5.74) is 6.95. The second-order valence-corrected chi connectivity index (χ2v) is 9.19. The average Bonchev–Trinajstić information content (AvgIpc) is 3.48. The molecule has 0 atom stereocenters. The van der Waals surface area contributed by atoms with Gasteiger partial charge < -0.3 is 14.0 Å². The smallest absolute Gasteiger partial charge is 0.279 e. The number of thiophene rings is 1. The van der Waals surface area contributed by atoms with Crippen LogP contribution in [0.1, 0.15) is 58.1 Å². The second kappa shape index (κ2) is 11.1. The number of nitrogens with zero attached hydrogens (tertiary/aromatic N) is 2. The summed E-state index contributed by atoms with van der Waals surface area (Å²) >= 11 is 1.52. The average molecular weight is 485 g/mol. The van der Waals surface area contributed by atoms with Gasteiger partial charge in [-0.05, 0) is 55.5 Å². The minimum absolute atomic E-state index is 0.0921. The molecular weight excluding hydrogens is 456 g/mol. The van der Waals surface area contributed by atoms with Crippen molar-refractivity contribution in [2.45, 2.75) is 51.4 Å². The van der Waals surface area contributed by atoms with Gasteiger partial charge in [0.2, 0.25) is 17.6 Å². The van der Waals surface area contributed by atoms with Crippen molar-refractivity contribution < 1.29 is 23.6 Å². The van der Waals surface area contributed by atoms with Crippen LogP contribution in [-0.2, 0) is 24.1 Å². The highest BCUT2D eigenvalue weighted by molar-refractivity contribution is 7.14. The van der Waals surface area contributed by atoms with Crippen LogP contribution in [0.3, 0.4) is 0 Å². The molecule has 0 spiro atoms. The lowest BCUT2D eigenvalue weighted by Gasteiger charge is -2.07. The Morgan fingerprint density at radius 1 is 1.03 bits per heavy atom. The topological polar surface area (TPSA) is 116 Å². The fourth-order valence-electron chi connectivity index (χ4n) is 3.88. The van der Waals surface area contributed by atoms with Crippen LogP contribution in [-0.4, -0.2) is 36.2 Å². The van der Waals surface area contributed by atoms with E-state index in [0.29, 0.717) is 33.7 Å². The van der Waals surface area contributed by atoms with Crippen LogP contribution in [0.5, 0.6) is 11.5 Å². The van der Waals surface area contributed by atoms with Gasteiger partial charge in [-0.2, -0.15) is 4.98 Å². The third-order valence-electron chi connectivity index (χ3n) is 5.71. The number of ether oxygens (including phenoxy) is 2. The van der Waals surface area contributed by atoms with E-state index in [1.54, 1.807) is 32.4 Å². The first-order valence-electron chi connectivity index (χ1n) is 11.3. The quantitative estimate of drug-likeness (QED) is 0.489. The number of hydrogen-bond acceptors (Lipinski definition) is 8. The van der Waals surface area contributed by atoms with Gasteiger partial charge in [-0.15, -0.1) is 11.3 Å². The normalized spacial score (nSPS) is 13.4. The van der Waals surface area contributed by atoms with Gasteiger partial charge in [-0.1, -0.05) is 18.0 Å². The Labute approximate surface area is 201 Å². The first kappa shape index (κ1) is 23.7. The highest BCUT2D eigenvalue weighted by atomic mass is 32.1. The van der Waals surface area contributed by atoms with Crippen LogP contribution >= 0.6 is 11.3 Å². The minimum atomic E-state index is -0.339. The molecule has 3 aromatic rings. The molecule has 9 nitrogen and oxygen atoms in total. The number of hydrogen-bond donors (Lipinski definition) is 2. The lowest BCUT2D eigenvalue weighted by molar-refractivity contribution is -0.121. The standard InChI is InChI=1S/C24H28N4O5S/c1-31-17-10-9-16(13-18(17)32-2)23-25-22(33-28-23)12-11-21(29)26-27-24(30)20-14-15-7-5-3-4-6-8-19(15)34-20/h9-10,13-14H,3-8,11-12H2,1-2H3,(H,26,29)(H,27,30). The molecule has 0 saturated heterocycles. The summed E-state index contributed by atoms with van der Waals surface area (Å²) in [6, 6.07) is 7.26. The predicted molar refractivity (Wildman–Crippen MR) is 127 cm³/mol. The van der Waals surface area contributed by atoms with Gasteiger partial charge in [0.1, 0.15) is 0 Å². The van der Waals surface area contributed by atoms with Gasteiger partial charge in [0, 0.05) is 23.3 Å². The fraction of sp³-hybridized carbons (Fsp3) is 0.417. The number of aryl methyl sites for hydroxylation is 3. The third kappa shape index (κ3) is 5.74. The van der Waals surface area contributed by atoms with E-state index in [0.717, 1.165) is 25.7 Å². The molecule has 180 valence electrons. The molecule has 0 aliphatic heterocycles. The second-order valence-electron chi connectivity index (χ2n) is 8.06. The summed E-state index contributed by atoms with van der Waals surface area (Å²) in [5, 5.41) is 3.97. The van der Waals surface area contributed by atoms with Crippen molar-refractivity contribution in [2.75, 3.05) is 14.2 Å². The molecule has 0 bridgehead atoms. The summed E-state index contributed by atoms with van der Waals surface area (Å²) in [6.45, 7) is 0. The van der Waals surface area contributed by atoms with Crippen molar-refractivity contribution in [1.82, 2.24) is 21.0 Å². The van der Waals surface area contributed by atoms with Crippen molar-refractivity contribution in [1.29, 1.82) is 0 Å². The molecule has 2 N–H and O–H groups in total. The number of benzene rings is 1. The summed E-state index contributed by atoms with van der Waals surface area (Å²) in [5.74, 6) is 1.23. The van der Waals surface area contributed by atoms with Crippen LogP contribution in [0.25, 0.3) is 11.4 Å². The zero-order valence-corrected chi connectivity index (χ0v) is 20.1. The minimum Gasteiger partial charge on any atom is -0.493 e. The lowest BCUT2D eigenvalue weighted by Crippen LogP contribution is -2.41. The lowest BCUT2D eigenvalue weighted by atomic mass is 10.00. The van der Waals surface area contributed by atoms with Crippen molar-refractivity contribution in [3.8, 4) is 22.9 Å². The first-order valence-corrected chi connectivity index (χ1v) is 12.1. The van der Waals surface area contributed by atoms with Crippen molar-refractivity contribution in [2.24, 2.45) is 0 Å². The number of carbonyl (C=O) groups is 2. The molecule has 2 aromatic heterocycles. The van der Waals surface area contributed by atoms with Gasteiger partial charge in [0.15, 0.2) is 11.5 Å². The Hall–Kier alpha value is -3.40. The SMILES string of the molecule is COc1ccc(-c2noc(CCC(=O)NNC(=O)c3cc4c(s3)CCCCCC4)n2)cc1OC. The largest absolute Gasteiger partial charge is 0.493 e. The molecule has 2 heterocycles. The van der Waals surface area contributed by atoms with E-state index in [2.05, 4.69) is 21.0 Å². The van der Waals surface area contributed by atoms with Gasteiger partial charge in [0.05, 0.1) is 19.1 Å². The van der Waals surface area contributed by atoms with E-state index in [1.165, 1.54) is 34.6 Å². The third-order valence-corrected chi connectivity index (χ3v) is 6.95. The Kier molecular flexibility index (Phi) is 7.79. The van der Waals surface area contributed by atoms with Crippen LogP contribution in [0, 0.1) is 0 Å². The zero-order chi connectivity index (χ0) is 23.9. The van der Waals surface area contributed by atoms with Crippen LogP contribution in [0.4, 0.5) is 0 Å². The van der Waals surface area contributed by atoms with Gasteiger partial charge in [-0.25, -0.2) is 0 Å². The van der Waals surface area contributed by atoms with Crippen molar-refractivity contribution >= 4 is 23.2 Å². The number of nitrogens with one attached hydrogen (secondary N) is 2. The molecular formula is C24H28N4O5S. The van der Waals surface area contributed by atoms with E-state index in [-0.39, 0.29) is 24.7 Å².